The molecule has 5 N–H and O–H groups in total. The van der Waals surface area contributed by atoms with Crippen LogP contribution in [0.25, 0.3) is 0 Å². The minimum absolute atomic E-state index is 0.0494. The van der Waals surface area contributed by atoms with E-state index in [4.69, 9.17) is 15.6 Å². The van der Waals surface area contributed by atoms with Crippen LogP contribution in [0.1, 0.15) is 20.3 Å². The van der Waals surface area contributed by atoms with Crippen molar-refractivity contribution in [2.24, 2.45) is 11.7 Å². The van der Waals surface area contributed by atoms with Crippen LogP contribution in [-0.4, -0.2) is 54.2 Å². The highest BCUT2D eigenvalue weighted by Gasteiger charge is 2.43. The molecule has 1 aliphatic heterocycles. The minimum atomic E-state index is -1.40. The largest absolute Gasteiger partial charge is 0.479 e. The molecule has 1 aliphatic rings. The number of carboxylic acid groups (broad SMARTS) is 1. The van der Waals surface area contributed by atoms with E-state index in [-0.39, 0.29) is 32.1 Å². The normalized spacial score (nSPS) is 23.4. The quantitative estimate of drug-likeness (QED) is 0.467. The summed E-state index contributed by atoms with van der Waals surface area (Å²) in [6, 6.07) is -0.703. The van der Waals surface area contributed by atoms with Gasteiger partial charge >= 0.3 is 5.97 Å². The number of carboxylic acids is 1. The fourth-order valence-electron chi connectivity index (χ4n) is 1.78. The molecule has 0 bridgehead atoms. The molecule has 1 unspecified atom stereocenters. The molecule has 0 aromatic rings. The van der Waals surface area contributed by atoms with Gasteiger partial charge < -0.3 is 26.2 Å². The Hall–Kier alpha value is -1.67. The Morgan fingerprint density at radius 3 is 2.50 bits per heavy atom. The molecule has 1 fully saturated rings. The molecule has 20 heavy (non-hydrogen) atoms. The van der Waals surface area contributed by atoms with E-state index in [2.05, 4.69) is 10.6 Å². The van der Waals surface area contributed by atoms with Crippen molar-refractivity contribution < 1.29 is 24.2 Å². The number of carbonyl (C=O) groups is 3. The average molecular weight is 287 g/mol. The number of hydrogen-bond donors (Lipinski definition) is 4. The summed E-state index contributed by atoms with van der Waals surface area (Å²) >= 11 is 0. The van der Waals surface area contributed by atoms with Gasteiger partial charge in [0.05, 0.1) is 19.2 Å². The van der Waals surface area contributed by atoms with E-state index in [9.17, 15) is 14.4 Å². The SMILES string of the molecule is CC(C)[C@H](N)C(=O)NCC(=O)NC1(C(=O)O)CCOC1. The lowest BCUT2D eigenvalue weighted by Crippen LogP contribution is -2.57. The lowest BCUT2D eigenvalue weighted by atomic mass is 9.99. The molecule has 8 heteroatoms. The maximum Gasteiger partial charge on any atom is 0.331 e. The monoisotopic (exact) mass is 287 g/mol. The summed E-state index contributed by atoms with van der Waals surface area (Å²) in [4.78, 5) is 34.5. The van der Waals surface area contributed by atoms with Crippen LogP contribution in [0.2, 0.25) is 0 Å². The fraction of sp³-hybridized carbons (Fsp3) is 0.750. The van der Waals surface area contributed by atoms with Crippen LogP contribution in [0.5, 0.6) is 0 Å². The molecule has 0 saturated carbocycles. The summed E-state index contributed by atoms with van der Waals surface area (Å²) in [5.74, 6) is -2.22. The van der Waals surface area contributed by atoms with Gasteiger partial charge in [-0.25, -0.2) is 4.79 Å². The van der Waals surface area contributed by atoms with Crippen molar-refractivity contribution in [1.82, 2.24) is 10.6 Å². The predicted molar refractivity (Wildman–Crippen MR) is 69.8 cm³/mol. The van der Waals surface area contributed by atoms with Crippen molar-refractivity contribution in [3.63, 3.8) is 0 Å². The number of nitrogens with two attached hydrogens (primary N) is 1. The summed E-state index contributed by atoms with van der Waals surface area (Å²) in [6.07, 6.45) is 0.202. The third kappa shape index (κ3) is 3.91. The van der Waals surface area contributed by atoms with E-state index in [0.717, 1.165) is 0 Å². The van der Waals surface area contributed by atoms with Crippen molar-refractivity contribution in [2.75, 3.05) is 19.8 Å². The van der Waals surface area contributed by atoms with Gasteiger partial charge in [0.2, 0.25) is 11.8 Å². The van der Waals surface area contributed by atoms with Gasteiger partial charge in [-0.1, -0.05) is 13.8 Å². The second-order valence-electron chi connectivity index (χ2n) is 5.23. The molecule has 0 aromatic heterocycles. The van der Waals surface area contributed by atoms with Crippen LogP contribution >= 0.6 is 0 Å². The molecule has 0 aromatic carbocycles. The summed E-state index contributed by atoms with van der Waals surface area (Å²) in [5.41, 5.74) is 4.23. The molecule has 114 valence electrons. The molecule has 1 heterocycles. The van der Waals surface area contributed by atoms with Crippen molar-refractivity contribution in [1.29, 1.82) is 0 Å². The van der Waals surface area contributed by atoms with E-state index < -0.39 is 29.4 Å². The number of amides is 2. The zero-order valence-corrected chi connectivity index (χ0v) is 11.6. The molecule has 0 spiro atoms. The van der Waals surface area contributed by atoms with E-state index in [1.807, 2.05) is 0 Å². The van der Waals surface area contributed by atoms with Gasteiger partial charge in [-0.05, 0) is 5.92 Å². The third-order valence-corrected chi connectivity index (χ3v) is 3.25. The van der Waals surface area contributed by atoms with Crippen molar-refractivity contribution in [3.05, 3.63) is 0 Å². The Labute approximate surface area is 117 Å². The first kappa shape index (κ1) is 16.4. The van der Waals surface area contributed by atoms with Gasteiger partial charge in [0, 0.05) is 13.0 Å². The van der Waals surface area contributed by atoms with Crippen LogP contribution in [-0.2, 0) is 19.1 Å². The van der Waals surface area contributed by atoms with E-state index in [1.54, 1.807) is 13.8 Å². The van der Waals surface area contributed by atoms with Crippen LogP contribution in [0.4, 0.5) is 0 Å². The van der Waals surface area contributed by atoms with Gasteiger partial charge in [-0.15, -0.1) is 0 Å². The number of rotatable bonds is 6. The fourth-order valence-corrected chi connectivity index (χ4v) is 1.78. The summed E-state index contributed by atoms with van der Waals surface area (Å²) in [7, 11) is 0. The summed E-state index contributed by atoms with van der Waals surface area (Å²) in [6.45, 7) is 3.47. The first-order valence-corrected chi connectivity index (χ1v) is 6.44. The highest BCUT2D eigenvalue weighted by Crippen LogP contribution is 2.18. The van der Waals surface area contributed by atoms with E-state index in [0.29, 0.717) is 0 Å². The Morgan fingerprint density at radius 2 is 2.05 bits per heavy atom. The van der Waals surface area contributed by atoms with Gasteiger partial charge in [0.25, 0.3) is 0 Å². The molecule has 1 saturated heterocycles. The van der Waals surface area contributed by atoms with E-state index >= 15 is 0 Å². The van der Waals surface area contributed by atoms with Gasteiger partial charge in [-0.2, -0.15) is 0 Å². The lowest BCUT2D eigenvalue weighted by Gasteiger charge is -2.24. The summed E-state index contributed by atoms with van der Waals surface area (Å²) < 4.78 is 5.02. The first-order valence-electron chi connectivity index (χ1n) is 6.44. The minimum Gasteiger partial charge on any atom is -0.479 e. The second kappa shape index (κ2) is 6.67. The van der Waals surface area contributed by atoms with Crippen LogP contribution in [0, 0.1) is 5.92 Å². The van der Waals surface area contributed by atoms with Gasteiger partial charge in [-0.3, -0.25) is 9.59 Å². The van der Waals surface area contributed by atoms with Crippen LogP contribution < -0.4 is 16.4 Å². The molecule has 8 nitrogen and oxygen atoms in total. The first-order chi connectivity index (χ1) is 9.28. The molecule has 0 radical (unpaired) electrons. The molecule has 1 rings (SSSR count). The van der Waals surface area contributed by atoms with Gasteiger partial charge in [0.1, 0.15) is 0 Å². The Bertz CT molecular complexity index is 391. The van der Waals surface area contributed by atoms with Gasteiger partial charge in [0.15, 0.2) is 5.54 Å². The average Bonchev–Trinajstić information content (AvgIpc) is 2.84. The molecule has 0 aliphatic carbocycles. The Morgan fingerprint density at radius 1 is 1.40 bits per heavy atom. The standard InChI is InChI=1S/C12H21N3O5/c1-7(2)9(13)10(17)14-5-8(16)15-12(11(18)19)3-4-20-6-12/h7,9H,3-6,13H2,1-2H3,(H,14,17)(H,15,16)(H,18,19)/t9-,12?/m0/s1. The number of nitrogens with one attached hydrogen (secondary N) is 2. The van der Waals surface area contributed by atoms with Crippen LogP contribution in [0.3, 0.4) is 0 Å². The van der Waals surface area contributed by atoms with Crippen molar-refractivity contribution >= 4 is 17.8 Å². The van der Waals surface area contributed by atoms with E-state index in [1.165, 1.54) is 0 Å². The maximum atomic E-state index is 11.7. The predicted octanol–water partition coefficient (Wildman–Crippen LogP) is -1.55. The Balaban J connectivity index is 2.47. The Kier molecular flexibility index (Phi) is 5.46. The maximum absolute atomic E-state index is 11.7. The van der Waals surface area contributed by atoms with Crippen LogP contribution in [0.15, 0.2) is 0 Å². The zero-order valence-electron chi connectivity index (χ0n) is 11.6. The molecule has 2 amide bonds. The lowest BCUT2D eigenvalue weighted by molar-refractivity contribution is -0.147. The molecular weight excluding hydrogens is 266 g/mol. The molecular formula is C12H21N3O5. The number of aliphatic carboxylic acids is 1. The topological polar surface area (TPSA) is 131 Å². The number of hydrogen-bond acceptors (Lipinski definition) is 5. The highest BCUT2D eigenvalue weighted by atomic mass is 16.5. The highest BCUT2D eigenvalue weighted by molar-refractivity contribution is 5.91. The smallest absolute Gasteiger partial charge is 0.331 e. The molecule has 2 atom stereocenters. The summed E-state index contributed by atoms with van der Waals surface area (Å²) in [5, 5.41) is 13.9. The van der Waals surface area contributed by atoms with Crippen molar-refractivity contribution in [3.8, 4) is 0 Å². The second-order valence-corrected chi connectivity index (χ2v) is 5.23. The number of carbonyl (C=O) groups excluding carboxylic acids is 2. The third-order valence-electron chi connectivity index (χ3n) is 3.25. The zero-order chi connectivity index (χ0) is 15.3. The van der Waals surface area contributed by atoms with Crippen molar-refractivity contribution in [2.45, 2.75) is 31.8 Å². The number of ether oxygens (including phenoxy) is 1.